The predicted octanol–water partition coefficient (Wildman–Crippen LogP) is 4.04. The van der Waals surface area contributed by atoms with E-state index in [-0.39, 0.29) is 5.92 Å². The molecule has 0 radical (unpaired) electrons. The number of hydrogen-bond acceptors (Lipinski definition) is 2. The van der Waals surface area contributed by atoms with Gasteiger partial charge in [0.1, 0.15) is 0 Å². The molecule has 0 bridgehead atoms. The highest BCUT2D eigenvalue weighted by molar-refractivity contribution is 6.30. The number of Topliss-reactive ketones (excluding diaryl/α,β-unsaturated/α-hetero) is 1. The maximum absolute atomic E-state index is 12.6. The van der Waals surface area contributed by atoms with Gasteiger partial charge in [0, 0.05) is 17.5 Å². The first kappa shape index (κ1) is 15.3. The van der Waals surface area contributed by atoms with Crippen LogP contribution in [0.15, 0.2) is 29.8 Å². The Labute approximate surface area is 126 Å². The summed E-state index contributed by atoms with van der Waals surface area (Å²) in [5.41, 5.74) is 1.97. The molecule has 108 valence electrons. The SMILES string of the molecule is CN(C)CC1CCCCC(=Cc2cccc(Cl)c2)C1=O. The third-order valence-corrected chi connectivity index (χ3v) is 3.95. The van der Waals surface area contributed by atoms with Gasteiger partial charge in [-0.3, -0.25) is 4.79 Å². The zero-order chi connectivity index (χ0) is 14.5. The van der Waals surface area contributed by atoms with Gasteiger partial charge in [0.2, 0.25) is 0 Å². The van der Waals surface area contributed by atoms with Gasteiger partial charge in [-0.15, -0.1) is 0 Å². The van der Waals surface area contributed by atoms with Crippen LogP contribution in [-0.2, 0) is 4.79 Å². The van der Waals surface area contributed by atoms with Crippen molar-refractivity contribution in [1.29, 1.82) is 0 Å². The third-order valence-electron chi connectivity index (χ3n) is 3.71. The van der Waals surface area contributed by atoms with Gasteiger partial charge in [0.25, 0.3) is 0 Å². The summed E-state index contributed by atoms with van der Waals surface area (Å²) in [4.78, 5) is 14.7. The van der Waals surface area contributed by atoms with Crippen LogP contribution in [0.5, 0.6) is 0 Å². The van der Waals surface area contributed by atoms with Gasteiger partial charge < -0.3 is 4.90 Å². The van der Waals surface area contributed by atoms with Crippen molar-refractivity contribution in [2.24, 2.45) is 5.92 Å². The molecule has 0 aromatic heterocycles. The van der Waals surface area contributed by atoms with E-state index in [0.717, 1.165) is 43.4 Å². The monoisotopic (exact) mass is 291 g/mol. The van der Waals surface area contributed by atoms with Gasteiger partial charge in [-0.2, -0.15) is 0 Å². The molecule has 1 aromatic carbocycles. The summed E-state index contributed by atoms with van der Waals surface area (Å²) < 4.78 is 0. The highest BCUT2D eigenvalue weighted by Crippen LogP contribution is 2.26. The van der Waals surface area contributed by atoms with Crippen molar-refractivity contribution < 1.29 is 4.79 Å². The van der Waals surface area contributed by atoms with Crippen molar-refractivity contribution >= 4 is 23.5 Å². The topological polar surface area (TPSA) is 20.3 Å². The maximum atomic E-state index is 12.6. The Bertz CT molecular complexity index is 507. The number of rotatable bonds is 3. The molecule has 2 rings (SSSR count). The fourth-order valence-corrected chi connectivity index (χ4v) is 2.98. The molecule has 1 aromatic rings. The predicted molar refractivity (Wildman–Crippen MR) is 84.9 cm³/mol. The lowest BCUT2D eigenvalue weighted by atomic mass is 9.94. The minimum atomic E-state index is 0.137. The number of carbonyl (C=O) groups excluding carboxylic acids is 1. The number of nitrogens with zero attached hydrogens (tertiary/aromatic N) is 1. The highest BCUT2D eigenvalue weighted by atomic mass is 35.5. The first-order valence-corrected chi connectivity index (χ1v) is 7.59. The maximum Gasteiger partial charge on any atom is 0.163 e. The van der Waals surface area contributed by atoms with Gasteiger partial charge in [0.15, 0.2) is 5.78 Å². The molecule has 20 heavy (non-hydrogen) atoms. The summed E-state index contributed by atoms with van der Waals surface area (Å²) in [6.07, 6.45) is 6.14. The number of halogens is 1. The molecule has 1 saturated carbocycles. The largest absolute Gasteiger partial charge is 0.309 e. The second-order valence-corrected chi connectivity index (χ2v) is 6.23. The normalized spacial score (nSPS) is 22.3. The number of benzene rings is 1. The quantitative estimate of drug-likeness (QED) is 0.619. The van der Waals surface area contributed by atoms with Crippen molar-refractivity contribution in [2.45, 2.75) is 25.7 Å². The van der Waals surface area contributed by atoms with E-state index in [2.05, 4.69) is 4.90 Å². The van der Waals surface area contributed by atoms with Crippen LogP contribution in [0.3, 0.4) is 0 Å². The molecular formula is C17H22ClNO. The molecule has 0 amide bonds. The smallest absolute Gasteiger partial charge is 0.163 e. The van der Waals surface area contributed by atoms with E-state index in [4.69, 9.17) is 11.6 Å². The molecule has 2 nitrogen and oxygen atoms in total. The standard InChI is InChI=1S/C17H22ClNO/c1-19(2)12-15-8-4-3-7-14(17(15)20)10-13-6-5-9-16(18)11-13/h5-6,9-11,15H,3-4,7-8,12H2,1-2H3. The van der Waals surface area contributed by atoms with Gasteiger partial charge in [-0.1, -0.05) is 30.2 Å². The summed E-state index contributed by atoms with van der Waals surface area (Å²) in [6.45, 7) is 0.839. The van der Waals surface area contributed by atoms with E-state index in [0.29, 0.717) is 10.8 Å². The van der Waals surface area contributed by atoms with Crippen LogP contribution >= 0.6 is 11.6 Å². The van der Waals surface area contributed by atoms with Crippen LogP contribution in [0.25, 0.3) is 6.08 Å². The van der Waals surface area contributed by atoms with Crippen LogP contribution in [-0.4, -0.2) is 31.3 Å². The second-order valence-electron chi connectivity index (χ2n) is 5.79. The summed E-state index contributed by atoms with van der Waals surface area (Å²) in [5.74, 6) is 0.453. The first-order chi connectivity index (χ1) is 9.56. The van der Waals surface area contributed by atoms with Crippen LogP contribution in [0.2, 0.25) is 5.02 Å². The number of hydrogen-bond donors (Lipinski definition) is 0. The van der Waals surface area contributed by atoms with Crippen molar-refractivity contribution in [3.05, 3.63) is 40.4 Å². The Morgan fingerprint density at radius 2 is 2.15 bits per heavy atom. The number of carbonyl (C=O) groups is 1. The molecule has 1 fully saturated rings. The highest BCUT2D eigenvalue weighted by Gasteiger charge is 2.25. The van der Waals surface area contributed by atoms with E-state index in [1.165, 1.54) is 0 Å². The number of allylic oxidation sites excluding steroid dienone is 1. The van der Waals surface area contributed by atoms with E-state index in [1.54, 1.807) is 0 Å². The molecule has 1 unspecified atom stereocenters. The van der Waals surface area contributed by atoms with Gasteiger partial charge in [-0.25, -0.2) is 0 Å². The Kier molecular flexibility index (Phi) is 5.38. The Hall–Kier alpha value is -1.12. The average molecular weight is 292 g/mol. The van der Waals surface area contributed by atoms with Crippen molar-refractivity contribution in [3.63, 3.8) is 0 Å². The molecule has 1 aliphatic rings. The minimum Gasteiger partial charge on any atom is -0.309 e. The molecule has 0 N–H and O–H groups in total. The molecule has 3 heteroatoms. The van der Waals surface area contributed by atoms with Crippen molar-refractivity contribution in [1.82, 2.24) is 4.90 Å². The number of ketones is 1. The van der Waals surface area contributed by atoms with Crippen LogP contribution < -0.4 is 0 Å². The summed E-state index contributed by atoms with van der Waals surface area (Å²) in [5, 5.41) is 0.713. The molecule has 1 aliphatic carbocycles. The lowest BCUT2D eigenvalue weighted by molar-refractivity contribution is -0.119. The average Bonchev–Trinajstić information content (AvgIpc) is 2.54. The zero-order valence-corrected chi connectivity index (χ0v) is 13.0. The van der Waals surface area contributed by atoms with E-state index in [9.17, 15) is 4.79 Å². The third kappa shape index (κ3) is 4.19. The Morgan fingerprint density at radius 1 is 1.35 bits per heavy atom. The van der Waals surface area contributed by atoms with Gasteiger partial charge in [-0.05, 0) is 62.7 Å². The van der Waals surface area contributed by atoms with E-state index in [1.807, 2.05) is 44.4 Å². The lowest BCUT2D eigenvalue weighted by Crippen LogP contribution is -2.27. The molecule has 1 atom stereocenters. The lowest BCUT2D eigenvalue weighted by Gasteiger charge is -2.18. The summed E-state index contributed by atoms with van der Waals surface area (Å²) >= 11 is 6.01. The van der Waals surface area contributed by atoms with Crippen molar-refractivity contribution in [3.8, 4) is 0 Å². The van der Waals surface area contributed by atoms with Crippen LogP contribution in [0.4, 0.5) is 0 Å². The van der Waals surface area contributed by atoms with Crippen molar-refractivity contribution in [2.75, 3.05) is 20.6 Å². The molecule has 0 spiro atoms. The minimum absolute atomic E-state index is 0.137. The fraction of sp³-hybridized carbons (Fsp3) is 0.471. The van der Waals surface area contributed by atoms with E-state index >= 15 is 0 Å². The van der Waals surface area contributed by atoms with Crippen LogP contribution in [0, 0.1) is 5.92 Å². The van der Waals surface area contributed by atoms with Gasteiger partial charge in [0.05, 0.1) is 0 Å². The second kappa shape index (κ2) is 7.05. The Balaban J connectivity index is 2.22. The van der Waals surface area contributed by atoms with E-state index < -0.39 is 0 Å². The summed E-state index contributed by atoms with van der Waals surface area (Å²) in [7, 11) is 4.05. The first-order valence-electron chi connectivity index (χ1n) is 7.21. The van der Waals surface area contributed by atoms with Crippen LogP contribution in [0.1, 0.15) is 31.2 Å². The fourth-order valence-electron chi connectivity index (χ4n) is 2.78. The zero-order valence-electron chi connectivity index (χ0n) is 12.2. The Morgan fingerprint density at radius 3 is 2.85 bits per heavy atom. The van der Waals surface area contributed by atoms with Gasteiger partial charge >= 0.3 is 0 Å². The molecule has 0 aliphatic heterocycles. The molecular weight excluding hydrogens is 270 g/mol. The molecule has 0 saturated heterocycles. The summed E-state index contributed by atoms with van der Waals surface area (Å²) in [6, 6.07) is 7.69. The molecule has 0 heterocycles.